The lowest BCUT2D eigenvalue weighted by Gasteiger charge is -2.18. The van der Waals surface area contributed by atoms with Crippen molar-refractivity contribution in [3.8, 4) is 5.75 Å². The second-order valence-corrected chi connectivity index (χ2v) is 4.89. The van der Waals surface area contributed by atoms with E-state index in [0.29, 0.717) is 18.3 Å². The van der Waals surface area contributed by atoms with E-state index in [-0.39, 0.29) is 5.91 Å². The molecule has 0 aromatic heterocycles. The van der Waals surface area contributed by atoms with E-state index in [4.69, 9.17) is 0 Å². The standard InChI is InChI=1S/C15H24N2O2/c1-4-17(3)15(19)11-16-12(2)5-6-13-7-9-14(18)10-8-13/h7-10,12,16,18H,4-6,11H2,1-3H3. The van der Waals surface area contributed by atoms with Gasteiger partial charge in [0, 0.05) is 19.6 Å². The van der Waals surface area contributed by atoms with Gasteiger partial charge in [0.05, 0.1) is 6.54 Å². The normalized spacial score (nSPS) is 12.2. The second kappa shape index (κ2) is 7.79. The SMILES string of the molecule is CCN(C)C(=O)CNC(C)CCc1ccc(O)cc1. The van der Waals surface area contributed by atoms with Crippen LogP contribution in [0.25, 0.3) is 0 Å². The van der Waals surface area contributed by atoms with Crippen LogP contribution in [0.15, 0.2) is 24.3 Å². The molecule has 1 aromatic carbocycles. The number of aryl methyl sites for hydroxylation is 1. The Bertz CT molecular complexity index is 390. The number of rotatable bonds is 7. The van der Waals surface area contributed by atoms with E-state index in [1.807, 2.05) is 26.1 Å². The third-order valence-electron chi connectivity index (χ3n) is 3.30. The Kier molecular flexibility index (Phi) is 6.36. The Morgan fingerprint density at radius 1 is 1.37 bits per heavy atom. The van der Waals surface area contributed by atoms with Crippen LogP contribution in [0, 0.1) is 0 Å². The van der Waals surface area contributed by atoms with Crippen molar-refractivity contribution in [2.45, 2.75) is 32.7 Å². The first kappa shape index (κ1) is 15.5. The zero-order chi connectivity index (χ0) is 14.3. The molecule has 0 saturated heterocycles. The molecule has 1 unspecified atom stereocenters. The molecule has 2 N–H and O–H groups in total. The molecule has 0 aliphatic carbocycles. The first-order valence-electron chi connectivity index (χ1n) is 6.78. The van der Waals surface area contributed by atoms with E-state index in [1.54, 1.807) is 17.0 Å². The molecular formula is C15H24N2O2. The summed E-state index contributed by atoms with van der Waals surface area (Å²) in [7, 11) is 1.81. The number of carbonyl (C=O) groups excluding carboxylic acids is 1. The van der Waals surface area contributed by atoms with Crippen LogP contribution in [0.2, 0.25) is 0 Å². The first-order chi connectivity index (χ1) is 9.02. The van der Waals surface area contributed by atoms with E-state index in [2.05, 4.69) is 12.2 Å². The maximum atomic E-state index is 11.6. The summed E-state index contributed by atoms with van der Waals surface area (Å²) in [6, 6.07) is 7.55. The Hall–Kier alpha value is -1.55. The number of nitrogens with one attached hydrogen (secondary N) is 1. The van der Waals surface area contributed by atoms with Gasteiger partial charge in [-0.2, -0.15) is 0 Å². The minimum atomic E-state index is 0.124. The summed E-state index contributed by atoms with van der Waals surface area (Å²) in [4.78, 5) is 13.3. The number of phenols is 1. The zero-order valence-electron chi connectivity index (χ0n) is 12.0. The van der Waals surface area contributed by atoms with Gasteiger partial charge in [-0.1, -0.05) is 12.1 Å². The van der Waals surface area contributed by atoms with Crippen molar-refractivity contribution < 1.29 is 9.90 Å². The van der Waals surface area contributed by atoms with Gasteiger partial charge in [-0.25, -0.2) is 0 Å². The average Bonchev–Trinajstić information content (AvgIpc) is 2.43. The third-order valence-corrected chi connectivity index (χ3v) is 3.30. The number of likely N-dealkylation sites (N-methyl/N-ethyl adjacent to an activating group) is 1. The van der Waals surface area contributed by atoms with Gasteiger partial charge in [0.15, 0.2) is 0 Å². The molecule has 0 fully saturated rings. The molecule has 4 heteroatoms. The lowest BCUT2D eigenvalue weighted by molar-refractivity contribution is -0.128. The fraction of sp³-hybridized carbons (Fsp3) is 0.533. The Labute approximate surface area is 115 Å². The van der Waals surface area contributed by atoms with Gasteiger partial charge in [0.25, 0.3) is 0 Å². The summed E-state index contributed by atoms with van der Waals surface area (Å²) < 4.78 is 0. The highest BCUT2D eigenvalue weighted by atomic mass is 16.3. The number of aromatic hydroxyl groups is 1. The minimum Gasteiger partial charge on any atom is -0.508 e. The van der Waals surface area contributed by atoms with Gasteiger partial charge in [-0.3, -0.25) is 4.79 Å². The zero-order valence-corrected chi connectivity index (χ0v) is 12.0. The van der Waals surface area contributed by atoms with Crippen LogP contribution in [0.5, 0.6) is 5.75 Å². The van der Waals surface area contributed by atoms with Crippen molar-refractivity contribution in [3.63, 3.8) is 0 Å². The quantitative estimate of drug-likeness (QED) is 0.789. The van der Waals surface area contributed by atoms with Crippen LogP contribution < -0.4 is 5.32 Å². The Morgan fingerprint density at radius 3 is 2.58 bits per heavy atom. The molecule has 1 rings (SSSR count). The van der Waals surface area contributed by atoms with E-state index < -0.39 is 0 Å². The van der Waals surface area contributed by atoms with Crippen molar-refractivity contribution in [2.24, 2.45) is 0 Å². The largest absolute Gasteiger partial charge is 0.508 e. The predicted octanol–water partition coefficient (Wildman–Crippen LogP) is 1.78. The van der Waals surface area contributed by atoms with E-state index in [1.165, 1.54) is 5.56 Å². The highest BCUT2D eigenvalue weighted by Crippen LogP contribution is 2.11. The van der Waals surface area contributed by atoms with Gasteiger partial charge in [0.1, 0.15) is 5.75 Å². The van der Waals surface area contributed by atoms with Gasteiger partial charge in [-0.15, -0.1) is 0 Å². The van der Waals surface area contributed by atoms with Crippen molar-refractivity contribution in [3.05, 3.63) is 29.8 Å². The summed E-state index contributed by atoms with van der Waals surface area (Å²) in [5.41, 5.74) is 1.20. The first-order valence-corrected chi connectivity index (χ1v) is 6.78. The average molecular weight is 264 g/mol. The summed E-state index contributed by atoms with van der Waals surface area (Å²) in [6.07, 6.45) is 1.90. The van der Waals surface area contributed by atoms with Crippen LogP contribution in [-0.4, -0.2) is 42.1 Å². The van der Waals surface area contributed by atoms with Gasteiger partial charge in [-0.05, 0) is 44.4 Å². The highest BCUT2D eigenvalue weighted by Gasteiger charge is 2.08. The lowest BCUT2D eigenvalue weighted by atomic mass is 10.1. The number of nitrogens with zero attached hydrogens (tertiary/aromatic N) is 1. The monoisotopic (exact) mass is 264 g/mol. The molecule has 0 radical (unpaired) electrons. The van der Waals surface area contributed by atoms with Crippen molar-refractivity contribution in [1.29, 1.82) is 0 Å². The molecule has 1 amide bonds. The Balaban J connectivity index is 2.26. The fourth-order valence-corrected chi connectivity index (χ4v) is 1.72. The summed E-state index contributed by atoms with van der Waals surface area (Å²) >= 11 is 0. The van der Waals surface area contributed by atoms with Crippen molar-refractivity contribution >= 4 is 5.91 Å². The molecule has 4 nitrogen and oxygen atoms in total. The maximum absolute atomic E-state index is 11.6. The van der Waals surface area contributed by atoms with Crippen molar-refractivity contribution in [1.82, 2.24) is 10.2 Å². The molecule has 0 bridgehead atoms. The molecule has 106 valence electrons. The number of carbonyl (C=O) groups is 1. The number of amides is 1. The van der Waals surface area contributed by atoms with E-state index in [9.17, 15) is 9.90 Å². The number of benzene rings is 1. The van der Waals surface area contributed by atoms with E-state index in [0.717, 1.165) is 19.4 Å². The number of phenolic OH excluding ortho intramolecular Hbond substituents is 1. The number of hydrogen-bond acceptors (Lipinski definition) is 3. The topological polar surface area (TPSA) is 52.6 Å². The van der Waals surface area contributed by atoms with Crippen LogP contribution in [0.4, 0.5) is 0 Å². The predicted molar refractivity (Wildman–Crippen MR) is 77.2 cm³/mol. The fourth-order valence-electron chi connectivity index (χ4n) is 1.72. The second-order valence-electron chi connectivity index (χ2n) is 4.89. The molecule has 0 heterocycles. The maximum Gasteiger partial charge on any atom is 0.236 e. The smallest absolute Gasteiger partial charge is 0.236 e. The molecular weight excluding hydrogens is 240 g/mol. The van der Waals surface area contributed by atoms with Crippen LogP contribution >= 0.6 is 0 Å². The summed E-state index contributed by atoms with van der Waals surface area (Å²) in [5, 5.41) is 12.4. The van der Waals surface area contributed by atoms with Crippen LogP contribution in [0.3, 0.4) is 0 Å². The summed E-state index contributed by atoms with van der Waals surface area (Å²) in [6.45, 7) is 5.18. The third kappa shape index (κ3) is 5.75. The lowest BCUT2D eigenvalue weighted by Crippen LogP contribution is -2.39. The van der Waals surface area contributed by atoms with Gasteiger partial charge in [0.2, 0.25) is 5.91 Å². The van der Waals surface area contributed by atoms with Gasteiger partial charge >= 0.3 is 0 Å². The van der Waals surface area contributed by atoms with E-state index >= 15 is 0 Å². The molecule has 19 heavy (non-hydrogen) atoms. The highest BCUT2D eigenvalue weighted by molar-refractivity contribution is 5.77. The minimum absolute atomic E-state index is 0.124. The molecule has 0 aliphatic rings. The summed E-state index contributed by atoms with van der Waals surface area (Å²) in [5.74, 6) is 0.419. The Morgan fingerprint density at radius 2 is 2.00 bits per heavy atom. The molecule has 1 aromatic rings. The number of hydrogen-bond donors (Lipinski definition) is 2. The van der Waals surface area contributed by atoms with Crippen LogP contribution in [-0.2, 0) is 11.2 Å². The molecule has 1 atom stereocenters. The van der Waals surface area contributed by atoms with Crippen LogP contribution in [0.1, 0.15) is 25.8 Å². The van der Waals surface area contributed by atoms with Gasteiger partial charge < -0.3 is 15.3 Å². The molecule has 0 spiro atoms. The molecule has 0 saturated carbocycles. The molecule has 0 aliphatic heterocycles. The van der Waals surface area contributed by atoms with Crippen molar-refractivity contribution in [2.75, 3.05) is 20.1 Å².